The lowest BCUT2D eigenvalue weighted by atomic mass is 9.88. The first-order chi connectivity index (χ1) is 8.12. The number of fused-ring (bicyclic) bond motifs is 1. The maximum Gasteiger partial charge on any atom is 0.126 e. The molecule has 3 heteroatoms. The van der Waals surface area contributed by atoms with E-state index in [0.29, 0.717) is 25.7 Å². The molecule has 2 rings (SSSR count). The molecule has 3 nitrogen and oxygen atoms in total. The van der Waals surface area contributed by atoms with Crippen molar-refractivity contribution >= 4 is 0 Å². The van der Waals surface area contributed by atoms with Gasteiger partial charge in [0.2, 0.25) is 0 Å². The van der Waals surface area contributed by atoms with Gasteiger partial charge in [-0.25, -0.2) is 0 Å². The van der Waals surface area contributed by atoms with Crippen LogP contribution in [-0.4, -0.2) is 24.8 Å². The standard InChI is InChI=1S/C14H21NO2/c1-11(2)7-15-9-14(16)10-17-8-12-5-3-4-6-13(12)14/h3-6,11,15-16H,7-10H2,1-2H3. The highest BCUT2D eigenvalue weighted by atomic mass is 16.5. The van der Waals surface area contributed by atoms with E-state index in [2.05, 4.69) is 19.2 Å². The van der Waals surface area contributed by atoms with Gasteiger partial charge >= 0.3 is 0 Å². The summed E-state index contributed by atoms with van der Waals surface area (Å²) in [5.74, 6) is 0.582. The summed E-state index contributed by atoms with van der Waals surface area (Å²) in [5.41, 5.74) is 1.21. The molecule has 0 aliphatic carbocycles. The molecule has 0 fully saturated rings. The minimum atomic E-state index is -0.885. The zero-order valence-corrected chi connectivity index (χ0v) is 10.6. The summed E-state index contributed by atoms with van der Waals surface area (Å²) in [4.78, 5) is 0. The predicted octanol–water partition coefficient (Wildman–Crippen LogP) is 1.65. The molecule has 94 valence electrons. The Labute approximate surface area is 103 Å². The highest BCUT2D eigenvalue weighted by Crippen LogP contribution is 2.29. The van der Waals surface area contributed by atoms with Crippen molar-refractivity contribution in [3.05, 3.63) is 35.4 Å². The van der Waals surface area contributed by atoms with E-state index in [1.165, 1.54) is 0 Å². The summed E-state index contributed by atoms with van der Waals surface area (Å²) < 4.78 is 5.48. The third-order valence-electron chi connectivity index (χ3n) is 3.09. The third-order valence-corrected chi connectivity index (χ3v) is 3.09. The van der Waals surface area contributed by atoms with Crippen molar-refractivity contribution in [2.24, 2.45) is 5.92 Å². The maximum atomic E-state index is 10.6. The molecule has 17 heavy (non-hydrogen) atoms. The van der Waals surface area contributed by atoms with Gasteiger partial charge < -0.3 is 15.2 Å². The summed E-state index contributed by atoms with van der Waals surface area (Å²) in [6.07, 6.45) is 0. The van der Waals surface area contributed by atoms with Crippen LogP contribution in [0.25, 0.3) is 0 Å². The Bertz CT molecular complexity index is 378. The van der Waals surface area contributed by atoms with Gasteiger partial charge in [0.05, 0.1) is 13.2 Å². The molecule has 1 aliphatic heterocycles. The van der Waals surface area contributed by atoms with Gasteiger partial charge in [-0.05, 0) is 23.6 Å². The first-order valence-corrected chi connectivity index (χ1v) is 6.21. The molecule has 1 aromatic carbocycles. The van der Waals surface area contributed by atoms with E-state index in [1.54, 1.807) is 0 Å². The zero-order chi connectivity index (χ0) is 12.3. The van der Waals surface area contributed by atoms with Crippen LogP contribution in [0.5, 0.6) is 0 Å². The van der Waals surface area contributed by atoms with Crippen molar-refractivity contribution < 1.29 is 9.84 Å². The number of nitrogens with one attached hydrogen (secondary N) is 1. The maximum absolute atomic E-state index is 10.6. The summed E-state index contributed by atoms with van der Waals surface area (Å²) in [6.45, 7) is 6.73. The van der Waals surface area contributed by atoms with Gasteiger partial charge in [-0.15, -0.1) is 0 Å². The average molecular weight is 235 g/mol. The van der Waals surface area contributed by atoms with Crippen molar-refractivity contribution in [1.82, 2.24) is 5.32 Å². The number of benzene rings is 1. The molecule has 1 aliphatic rings. The Morgan fingerprint density at radius 3 is 2.94 bits per heavy atom. The lowest BCUT2D eigenvalue weighted by Crippen LogP contribution is -2.45. The molecular formula is C14H21NO2. The molecule has 0 saturated carbocycles. The van der Waals surface area contributed by atoms with Crippen molar-refractivity contribution in [3.8, 4) is 0 Å². The summed E-state index contributed by atoms with van der Waals surface area (Å²) in [5, 5.41) is 14.0. The molecule has 0 amide bonds. The summed E-state index contributed by atoms with van der Waals surface area (Å²) >= 11 is 0. The number of aliphatic hydroxyl groups is 1. The van der Waals surface area contributed by atoms with Crippen LogP contribution in [0.3, 0.4) is 0 Å². The van der Waals surface area contributed by atoms with Crippen LogP contribution in [0, 0.1) is 5.92 Å². The fraction of sp³-hybridized carbons (Fsp3) is 0.571. The van der Waals surface area contributed by atoms with Crippen LogP contribution in [0.15, 0.2) is 24.3 Å². The number of rotatable bonds is 4. The minimum Gasteiger partial charge on any atom is -0.381 e. The van der Waals surface area contributed by atoms with E-state index >= 15 is 0 Å². The molecule has 1 aromatic rings. The normalized spacial score (nSPS) is 23.8. The SMILES string of the molecule is CC(C)CNCC1(O)COCc2ccccc21. The first kappa shape index (κ1) is 12.6. The Kier molecular flexibility index (Phi) is 3.82. The number of hydrogen-bond donors (Lipinski definition) is 2. The Hall–Kier alpha value is -0.900. The summed E-state index contributed by atoms with van der Waals surface area (Å²) in [6, 6.07) is 7.96. The second-order valence-corrected chi connectivity index (χ2v) is 5.21. The fourth-order valence-corrected chi connectivity index (χ4v) is 2.22. The van der Waals surface area contributed by atoms with E-state index in [0.717, 1.165) is 17.7 Å². The molecule has 1 atom stereocenters. The van der Waals surface area contributed by atoms with Crippen LogP contribution in [0.2, 0.25) is 0 Å². The molecule has 0 saturated heterocycles. The minimum absolute atomic E-state index is 0.370. The Morgan fingerprint density at radius 1 is 1.41 bits per heavy atom. The van der Waals surface area contributed by atoms with E-state index in [1.807, 2.05) is 24.3 Å². The van der Waals surface area contributed by atoms with Gasteiger partial charge in [-0.1, -0.05) is 38.1 Å². The average Bonchev–Trinajstić information content (AvgIpc) is 2.29. The van der Waals surface area contributed by atoms with Crippen molar-refractivity contribution in [1.29, 1.82) is 0 Å². The van der Waals surface area contributed by atoms with Crippen molar-refractivity contribution in [3.63, 3.8) is 0 Å². The smallest absolute Gasteiger partial charge is 0.126 e. The molecule has 2 N–H and O–H groups in total. The van der Waals surface area contributed by atoms with E-state index < -0.39 is 5.60 Å². The third kappa shape index (κ3) is 2.86. The lowest BCUT2D eigenvalue weighted by Gasteiger charge is -2.34. The van der Waals surface area contributed by atoms with E-state index in [-0.39, 0.29) is 0 Å². The van der Waals surface area contributed by atoms with E-state index in [4.69, 9.17) is 4.74 Å². The quantitative estimate of drug-likeness (QED) is 0.834. The van der Waals surface area contributed by atoms with Gasteiger partial charge in [0, 0.05) is 6.54 Å². The molecule has 0 bridgehead atoms. The summed E-state index contributed by atoms with van der Waals surface area (Å²) in [7, 11) is 0. The van der Waals surface area contributed by atoms with Gasteiger partial charge in [0.15, 0.2) is 0 Å². The first-order valence-electron chi connectivity index (χ1n) is 6.21. The molecule has 0 radical (unpaired) electrons. The molecule has 0 spiro atoms. The molecule has 1 unspecified atom stereocenters. The van der Waals surface area contributed by atoms with Gasteiger partial charge in [0.1, 0.15) is 5.60 Å². The lowest BCUT2D eigenvalue weighted by molar-refractivity contribution is -0.0714. The van der Waals surface area contributed by atoms with Gasteiger partial charge in [-0.2, -0.15) is 0 Å². The molecular weight excluding hydrogens is 214 g/mol. The number of hydrogen-bond acceptors (Lipinski definition) is 3. The topological polar surface area (TPSA) is 41.5 Å². The van der Waals surface area contributed by atoms with Crippen molar-refractivity contribution in [2.45, 2.75) is 26.1 Å². The fourth-order valence-electron chi connectivity index (χ4n) is 2.22. The van der Waals surface area contributed by atoms with Crippen LogP contribution < -0.4 is 5.32 Å². The van der Waals surface area contributed by atoms with Crippen LogP contribution in [0.1, 0.15) is 25.0 Å². The highest BCUT2D eigenvalue weighted by Gasteiger charge is 2.34. The Balaban J connectivity index is 2.10. The Morgan fingerprint density at radius 2 is 2.18 bits per heavy atom. The van der Waals surface area contributed by atoms with Gasteiger partial charge in [0.25, 0.3) is 0 Å². The number of ether oxygens (including phenoxy) is 1. The van der Waals surface area contributed by atoms with E-state index in [9.17, 15) is 5.11 Å². The van der Waals surface area contributed by atoms with Gasteiger partial charge in [-0.3, -0.25) is 0 Å². The largest absolute Gasteiger partial charge is 0.381 e. The predicted molar refractivity (Wildman–Crippen MR) is 67.7 cm³/mol. The second kappa shape index (κ2) is 5.17. The zero-order valence-electron chi connectivity index (χ0n) is 10.6. The van der Waals surface area contributed by atoms with Crippen LogP contribution in [0.4, 0.5) is 0 Å². The van der Waals surface area contributed by atoms with Crippen molar-refractivity contribution in [2.75, 3.05) is 19.7 Å². The monoisotopic (exact) mass is 235 g/mol. The second-order valence-electron chi connectivity index (χ2n) is 5.21. The molecule has 1 heterocycles. The molecule has 0 aromatic heterocycles. The van der Waals surface area contributed by atoms with Crippen LogP contribution in [-0.2, 0) is 16.9 Å². The highest BCUT2D eigenvalue weighted by molar-refractivity contribution is 5.34. The van der Waals surface area contributed by atoms with Crippen LogP contribution >= 0.6 is 0 Å².